The van der Waals surface area contributed by atoms with Gasteiger partial charge in [0.1, 0.15) is 0 Å². The minimum Gasteiger partial charge on any atom is -0.310 e. The molecule has 6 aromatic carbocycles. The molecule has 0 bridgehead atoms. The molecule has 0 atom stereocenters. The molecule has 0 spiro atoms. The van der Waals surface area contributed by atoms with E-state index in [1.807, 2.05) is 0 Å². The lowest BCUT2D eigenvalue weighted by molar-refractivity contribution is 0.584. The van der Waals surface area contributed by atoms with Gasteiger partial charge in [-0.1, -0.05) is 146 Å². The van der Waals surface area contributed by atoms with Crippen molar-refractivity contribution in [2.75, 3.05) is 4.90 Å². The van der Waals surface area contributed by atoms with Crippen molar-refractivity contribution in [3.8, 4) is 33.4 Å². The van der Waals surface area contributed by atoms with E-state index in [1.165, 1.54) is 72.6 Å². The summed E-state index contributed by atoms with van der Waals surface area (Å²) in [7, 11) is 0. The maximum atomic E-state index is 2.45. The van der Waals surface area contributed by atoms with Crippen molar-refractivity contribution in [3.05, 3.63) is 161 Å². The van der Waals surface area contributed by atoms with Crippen LogP contribution in [0.25, 0.3) is 33.4 Å². The number of anilines is 3. The van der Waals surface area contributed by atoms with Crippen LogP contribution in [0.3, 0.4) is 0 Å². The summed E-state index contributed by atoms with van der Waals surface area (Å²) in [4.78, 5) is 2.45. The van der Waals surface area contributed by atoms with Gasteiger partial charge in [0.25, 0.3) is 0 Å². The average molecular weight is 610 g/mol. The third kappa shape index (κ3) is 4.59. The SMILES string of the molecule is CC(C)(C)c1ccc2c(c1)C(C)(C)c1cc(N(c3ccc(-c4ccccc4)cc3)c3ccc4c(c3)C(C)(C)c3ccccc3-4)ccc1-2. The third-order valence-corrected chi connectivity index (χ3v) is 10.8. The monoisotopic (exact) mass is 609 g/mol. The fourth-order valence-corrected chi connectivity index (χ4v) is 8.04. The summed E-state index contributed by atoms with van der Waals surface area (Å²) >= 11 is 0. The molecule has 0 saturated carbocycles. The Balaban J connectivity index is 1.28. The van der Waals surface area contributed by atoms with Gasteiger partial charge in [-0.3, -0.25) is 0 Å². The van der Waals surface area contributed by atoms with E-state index >= 15 is 0 Å². The molecule has 0 radical (unpaired) electrons. The molecule has 0 saturated heterocycles. The Morgan fingerprint density at radius 1 is 0.404 bits per heavy atom. The molecule has 0 aromatic heterocycles. The summed E-state index contributed by atoms with van der Waals surface area (Å²) in [5.74, 6) is 0. The van der Waals surface area contributed by atoms with Crippen molar-refractivity contribution in [3.63, 3.8) is 0 Å². The van der Waals surface area contributed by atoms with E-state index in [9.17, 15) is 0 Å². The lowest BCUT2D eigenvalue weighted by atomic mass is 9.79. The first-order chi connectivity index (χ1) is 22.4. The van der Waals surface area contributed by atoms with E-state index in [-0.39, 0.29) is 16.2 Å². The lowest BCUT2D eigenvalue weighted by Crippen LogP contribution is -2.19. The van der Waals surface area contributed by atoms with Crippen LogP contribution in [0.4, 0.5) is 17.1 Å². The minimum absolute atomic E-state index is 0.0723. The van der Waals surface area contributed by atoms with Crippen molar-refractivity contribution in [1.29, 1.82) is 0 Å². The molecule has 1 nitrogen and oxygen atoms in total. The van der Waals surface area contributed by atoms with Gasteiger partial charge in [0.05, 0.1) is 0 Å². The second kappa shape index (κ2) is 10.3. The van der Waals surface area contributed by atoms with Crippen LogP contribution < -0.4 is 4.90 Å². The quantitative estimate of drug-likeness (QED) is 0.192. The lowest BCUT2D eigenvalue weighted by Gasteiger charge is -2.30. The van der Waals surface area contributed by atoms with Gasteiger partial charge in [-0.2, -0.15) is 0 Å². The number of hydrogen-bond donors (Lipinski definition) is 0. The van der Waals surface area contributed by atoms with Crippen LogP contribution >= 0.6 is 0 Å². The molecule has 0 N–H and O–H groups in total. The fraction of sp³-hybridized carbons (Fsp3) is 0.217. The Morgan fingerprint density at radius 2 is 0.851 bits per heavy atom. The number of hydrogen-bond acceptors (Lipinski definition) is 1. The van der Waals surface area contributed by atoms with Crippen molar-refractivity contribution in [2.24, 2.45) is 0 Å². The Morgan fingerprint density at radius 3 is 1.45 bits per heavy atom. The van der Waals surface area contributed by atoms with Gasteiger partial charge >= 0.3 is 0 Å². The number of nitrogens with zero attached hydrogens (tertiary/aromatic N) is 1. The fourth-order valence-electron chi connectivity index (χ4n) is 8.04. The summed E-state index contributed by atoms with van der Waals surface area (Å²) in [6.45, 7) is 16.4. The van der Waals surface area contributed by atoms with Crippen LogP contribution in [0.15, 0.2) is 133 Å². The van der Waals surface area contributed by atoms with Crippen molar-refractivity contribution < 1.29 is 0 Å². The highest BCUT2D eigenvalue weighted by Gasteiger charge is 2.38. The normalized spacial score (nSPS) is 15.0. The molecule has 2 aliphatic rings. The largest absolute Gasteiger partial charge is 0.310 e. The van der Waals surface area contributed by atoms with Gasteiger partial charge in [-0.25, -0.2) is 0 Å². The molecule has 1 heteroatoms. The van der Waals surface area contributed by atoms with Crippen LogP contribution in [0, 0.1) is 0 Å². The first kappa shape index (κ1) is 29.5. The molecule has 0 aliphatic heterocycles. The average Bonchev–Trinajstić information content (AvgIpc) is 3.44. The number of benzene rings is 6. The van der Waals surface area contributed by atoms with Crippen LogP contribution in [0.1, 0.15) is 76.3 Å². The summed E-state index contributed by atoms with van der Waals surface area (Å²) in [5.41, 5.74) is 18.3. The van der Waals surface area contributed by atoms with Crippen LogP contribution in [-0.4, -0.2) is 0 Å². The molecular weight excluding hydrogens is 567 g/mol. The van der Waals surface area contributed by atoms with Crippen molar-refractivity contribution in [2.45, 2.75) is 64.7 Å². The molecule has 0 heterocycles. The maximum Gasteiger partial charge on any atom is 0.0465 e. The Hall–Kier alpha value is -4.88. The van der Waals surface area contributed by atoms with E-state index in [1.54, 1.807) is 0 Å². The van der Waals surface area contributed by atoms with Crippen LogP contribution in [-0.2, 0) is 16.2 Å². The Bertz CT molecular complexity index is 2160. The van der Waals surface area contributed by atoms with Gasteiger partial charge in [0.2, 0.25) is 0 Å². The van der Waals surface area contributed by atoms with Gasteiger partial charge < -0.3 is 4.90 Å². The van der Waals surface area contributed by atoms with Crippen LogP contribution in [0.5, 0.6) is 0 Å². The Kier molecular flexibility index (Phi) is 6.48. The molecule has 232 valence electrons. The summed E-state index contributed by atoms with van der Waals surface area (Å²) in [5, 5.41) is 0. The highest BCUT2D eigenvalue weighted by molar-refractivity contribution is 5.88. The first-order valence-corrected chi connectivity index (χ1v) is 16.9. The molecule has 0 amide bonds. The van der Waals surface area contributed by atoms with Crippen molar-refractivity contribution in [1.82, 2.24) is 0 Å². The smallest absolute Gasteiger partial charge is 0.0465 e. The predicted octanol–water partition coefficient (Wildman–Crippen LogP) is 12.7. The van der Waals surface area contributed by atoms with Gasteiger partial charge in [-0.15, -0.1) is 0 Å². The zero-order valence-corrected chi connectivity index (χ0v) is 28.6. The van der Waals surface area contributed by atoms with E-state index < -0.39 is 0 Å². The predicted molar refractivity (Wildman–Crippen MR) is 200 cm³/mol. The second-order valence-corrected chi connectivity index (χ2v) is 15.5. The maximum absolute atomic E-state index is 2.45. The molecule has 47 heavy (non-hydrogen) atoms. The van der Waals surface area contributed by atoms with E-state index in [4.69, 9.17) is 0 Å². The summed E-state index contributed by atoms with van der Waals surface area (Å²) in [6.07, 6.45) is 0. The molecule has 8 rings (SSSR count). The third-order valence-electron chi connectivity index (χ3n) is 10.8. The number of rotatable bonds is 4. The van der Waals surface area contributed by atoms with E-state index in [0.29, 0.717) is 0 Å². The Labute approximate surface area is 280 Å². The highest BCUT2D eigenvalue weighted by Crippen LogP contribution is 2.53. The van der Waals surface area contributed by atoms with E-state index in [2.05, 4.69) is 187 Å². The van der Waals surface area contributed by atoms with Crippen LogP contribution in [0.2, 0.25) is 0 Å². The summed E-state index contributed by atoms with van der Waals surface area (Å²) in [6, 6.07) is 49.9. The zero-order chi connectivity index (χ0) is 32.7. The van der Waals surface area contributed by atoms with Gasteiger partial charge in [-0.05, 0) is 103 Å². The topological polar surface area (TPSA) is 3.24 Å². The molecular formula is C46H43N. The molecule has 6 aromatic rings. The standard InChI is InChI=1S/C46H43N/c1-44(2,3)32-19-24-37-39-26-23-35(29-43(39)46(6,7)41(37)27-32)47(33-20-17-31(18-21-33)30-13-9-8-10-14-30)34-22-25-38-36-15-11-12-16-40(36)45(4,5)42(38)28-34/h8-29H,1-7H3. The van der Waals surface area contributed by atoms with Crippen molar-refractivity contribution >= 4 is 17.1 Å². The first-order valence-electron chi connectivity index (χ1n) is 16.9. The molecule has 2 aliphatic carbocycles. The number of fused-ring (bicyclic) bond motifs is 6. The van der Waals surface area contributed by atoms with Gasteiger partial charge in [0.15, 0.2) is 0 Å². The summed E-state index contributed by atoms with van der Waals surface area (Å²) < 4.78 is 0. The second-order valence-electron chi connectivity index (χ2n) is 15.5. The van der Waals surface area contributed by atoms with Gasteiger partial charge in [0, 0.05) is 27.9 Å². The van der Waals surface area contributed by atoms with E-state index in [0.717, 1.165) is 5.69 Å². The highest BCUT2D eigenvalue weighted by atomic mass is 15.1. The molecule has 0 fully saturated rings. The molecule has 0 unspecified atom stereocenters. The minimum atomic E-state index is -0.105. The zero-order valence-electron chi connectivity index (χ0n) is 28.6.